The first kappa shape index (κ1) is 20.2. The van der Waals surface area contributed by atoms with Crippen molar-refractivity contribution in [3.05, 3.63) is 33.9 Å². The minimum atomic E-state index is -1.43. The van der Waals surface area contributed by atoms with Gasteiger partial charge < -0.3 is 25.0 Å². The number of rotatable bonds is 6. The van der Waals surface area contributed by atoms with Crippen molar-refractivity contribution in [3.63, 3.8) is 0 Å². The van der Waals surface area contributed by atoms with Crippen molar-refractivity contribution in [2.45, 2.75) is 49.9 Å². The largest absolute Gasteiger partial charge is 0.492 e. The first-order valence-electron chi connectivity index (χ1n) is 10.6. The third-order valence-electron chi connectivity index (χ3n) is 6.86. The van der Waals surface area contributed by atoms with E-state index >= 15 is 4.39 Å². The quantitative estimate of drug-likeness (QED) is 0.727. The summed E-state index contributed by atoms with van der Waals surface area (Å²) in [4.78, 5) is 26.2. The SMILES string of the molecule is COc1c(N2CCC(CC3(N)CC3)C2)c(F)cc2c(=O)c(C(=O)O)cn(C3CC3F)c12. The molecule has 5 rings (SSSR count). The molecule has 1 aromatic heterocycles. The molecule has 2 heterocycles. The standard InChI is InChI=1S/C22H25F2N3O4/c1-31-20-17-12(19(28)13(21(29)30)10-27(17)16-7-14(16)23)6-15(24)18(20)26-5-2-11(9-26)8-22(25)3-4-22/h6,10-11,14,16H,2-5,7-9,25H2,1H3,(H,29,30). The number of nitrogens with two attached hydrogens (primary N) is 1. The molecule has 9 heteroatoms. The fourth-order valence-corrected chi connectivity index (χ4v) is 4.93. The van der Waals surface area contributed by atoms with Crippen molar-refractivity contribution in [2.75, 3.05) is 25.1 Å². The number of nitrogens with zero attached hydrogens (tertiary/aromatic N) is 2. The number of methoxy groups -OCH3 is 1. The Kier molecular flexibility index (Phi) is 4.51. The number of hydrogen-bond acceptors (Lipinski definition) is 5. The number of alkyl halides is 1. The summed E-state index contributed by atoms with van der Waals surface area (Å²) in [5.41, 5.74) is 5.31. The number of hydrogen-bond donors (Lipinski definition) is 2. The Morgan fingerprint density at radius 2 is 2.13 bits per heavy atom. The van der Waals surface area contributed by atoms with E-state index in [4.69, 9.17) is 10.5 Å². The molecule has 1 saturated heterocycles. The van der Waals surface area contributed by atoms with E-state index in [9.17, 15) is 19.1 Å². The molecule has 1 aliphatic heterocycles. The molecule has 31 heavy (non-hydrogen) atoms. The number of ether oxygens (including phenoxy) is 1. The summed E-state index contributed by atoms with van der Waals surface area (Å²) < 4.78 is 36.3. The van der Waals surface area contributed by atoms with Crippen molar-refractivity contribution in [3.8, 4) is 5.75 Å². The summed E-state index contributed by atoms with van der Waals surface area (Å²) in [6.07, 6.45) is 4.00. The van der Waals surface area contributed by atoms with E-state index in [1.54, 1.807) is 0 Å². The van der Waals surface area contributed by atoms with E-state index in [1.165, 1.54) is 11.7 Å². The molecule has 166 valence electrons. The van der Waals surface area contributed by atoms with Gasteiger partial charge in [0.15, 0.2) is 11.6 Å². The summed E-state index contributed by atoms with van der Waals surface area (Å²) in [7, 11) is 1.38. The highest BCUT2D eigenvalue weighted by atomic mass is 19.1. The highest BCUT2D eigenvalue weighted by molar-refractivity contribution is 5.97. The molecule has 0 spiro atoms. The molecule has 3 atom stereocenters. The first-order valence-corrected chi connectivity index (χ1v) is 10.6. The predicted octanol–water partition coefficient (Wildman–Crippen LogP) is 2.84. The first-order chi connectivity index (χ1) is 14.7. The van der Waals surface area contributed by atoms with Crippen LogP contribution in [0.4, 0.5) is 14.5 Å². The number of pyridine rings is 1. The maximum atomic E-state index is 15.3. The maximum absolute atomic E-state index is 15.3. The van der Waals surface area contributed by atoms with Gasteiger partial charge in [-0.2, -0.15) is 0 Å². The van der Waals surface area contributed by atoms with Crippen LogP contribution < -0.4 is 20.8 Å². The smallest absolute Gasteiger partial charge is 0.341 e. The average molecular weight is 433 g/mol. The second-order valence-corrected chi connectivity index (χ2v) is 9.21. The van der Waals surface area contributed by atoms with Crippen LogP contribution in [0.1, 0.15) is 48.5 Å². The van der Waals surface area contributed by atoms with Gasteiger partial charge >= 0.3 is 5.97 Å². The lowest BCUT2D eigenvalue weighted by Gasteiger charge is -2.25. The lowest BCUT2D eigenvalue weighted by Crippen LogP contribution is -2.28. The lowest BCUT2D eigenvalue weighted by atomic mass is 9.98. The maximum Gasteiger partial charge on any atom is 0.341 e. The van der Waals surface area contributed by atoms with Crippen molar-refractivity contribution in [2.24, 2.45) is 11.7 Å². The second-order valence-electron chi connectivity index (χ2n) is 9.21. The van der Waals surface area contributed by atoms with Crippen LogP contribution in [0.15, 0.2) is 17.1 Å². The summed E-state index contributed by atoms with van der Waals surface area (Å²) in [6.45, 7) is 1.23. The molecule has 7 nitrogen and oxygen atoms in total. The number of fused-ring (bicyclic) bond motifs is 1. The predicted molar refractivity (Wildman–Crippen MR) is 111 cm³/mol. The monoisotopic (exact) mass is 433 g/mol. The van der Waals surface area contributed by atoms with E-state index in [-0.39, 0.29) is 34.3 Å². The van der Waals surface area contributed by atoms with Crippen molar-refractivity contribution >= 4 is 22.6 Å². The molecule has 0 radical (unpaired) electrons. The van der Waals surface area contributed by atoms with Gasteiger partial charge in [0.05, 0.1) is 24.1 Å². The Balaban J connectivity index is 1.65. The number of carboxylic acids is 1. The number of benzene rings is 1. The van der Waals surface area contributed by atoms with Gasteiger partial charge in [-0.1, -0.05) is 0 Å². The van der Waals surface area contributed by atoms with Crippen LogP contribution in [0.2, 0.25) is 0 Å². The van der Waals surface area contributed by atoms with E-state index in [0.717, 1.165) is 37.9 Å². The molecular formula is C22H25F2N3O4. The molecular weight excluding hydrogens is 408 g/mol. The molecule has 2 aromatic rings. The van der Waals surface area contributed by atoms with Gasteiger partial charge in [-0.25, -0.2) is 13.6 Å². The minimum absolute atomic E-state index is 0.0947. The zero-order chi connectivity index (χ0) is 22.1. The third kappa shape index (κ3) is 3.35. The van der Waals surface area contributed by atoms with Gasteiger partial charge in [0.2, 0.25) is 5.43 Å². The van der Waals surface area contributed by atoms with E-state index < -0.39 is 35.0 Å². The summed E-state index contributed by atoms with van der Waals surface area (Å²) in [6, 6.07) is 0.457. The van der Waals surface area contributed by atoms with Gasteiger partial charge in [0.1, 0.15) is 17.4 Å². The number of halogens is 2. The van der Waals surface area contributed by atoms with Gasteiger partial charge in [-0.05, 0) is 37.7 Å². The lowest BCUT2D eigenvalue weighted by molar-refractivity contribution is 0.0694. The van der Waals surface area contributed by atoms with Crippen LogP contribution >= 0.6 is 0 Å². The fraction of sp³-hybridized carbons (Fsp3) is 0.545. The highest BCUT2D eigenvalue weighted by Gasteiger charge is 2.43. The zero-order valence-electron chi connectivity index (χ0n) is 17.2. The number of anilines is 1. The molecule has 3 aliphatic rings. The van der Waals surface area contributed by atoms with Crippen molar-refractivity contribution in [1.29, 1.82) is 0 Å². The number of carbonyl (C=O) groups is 1. The molecule has 2 saturated carbocycles. The number of carboxylic acid groups (broad SMARTS) is 1. The molecule has 0 amide bonds. The molecule has 1 aromatic carbocycles. The molecule has 3 unspecified atom stereocenters. The average Bonchev–Trinajstić information content (AvgIpc) is 3.58. The fourth-order valence-electron chi connectivity index (χ4n) is 4.93. The Bertz CT molecular complexity index is 1140. The minimum Gasteiger partial charge on any atom is -0.492 e. The number of aromatic carboxylic acids is 1. The highest BCUT2D eigenvalue weighted by Crippen LogP contribution is 2.47. The number of aromatic nitrogens is 1. The van der Waals surface area contributed by atoms with Gasteiger partial charge in [0, 0.05) is 31.2 Å². The topological polar surface area (TPSA) is 97.8 Å². The van der Waals surface area contributed by atoms with Crippen molar-refractivity contribution in [1.82, 2.24) is 4.57 Å². The molecule has 2 aliphatic carbocycles. The van der Waals surface area contributed by atoms with Crippen LogP contribution in [-0.4, -0.2) is 47.6 Å². The van der Waals surface area contributed by atoms with Gasteiger partial charge in [0.25, 0.3) is 0 Å². The Morgan fingerprint density at radius 3 is 2.71 bits per heavy atom. The summed E-state index contributed by atoms with van der Waals surface area (Å²) >= 11 is 0. The van der Waals surface area contributed by atoms with Crippen LogP contribution in [0, 0.1) is 11.7 Å². The third-order valence-corrected chi connectivity index (χ3v) is 6.86. The van der Waals surface area contributed by atoms with E-state index in [0.29, 0.717) is 19.0 Å². The van der Waals surface area contributed by atoms with Crippen LogP contribution in [-0.2, 0) is 0 Å². The van der Waals surface area contributed by atoms with E-state index in [1.807, 2.05) is 4.90 Å². The Labute approximate surface area is 177 Å². The summed E-state index contributed by atoms with van der Waals surface area (Å²) in [5.74, 6) is -1.61. The van der Waals surface area contributed by atoms with E-state index in [2.05, 4.69) is 0 Å². The van der Waals surface area contributed by atoms with Crippen LogP contribution in [0.25, 0.3) is 10.9 Å². The van der Waals surface area contributed by atoms with Gasteiger partial charge in [-0.15, -0.1) is 0 Å². The molecule has 0 bridgehead atoms. The van der Waals surface area contributed by atoms with Crippen molar-refractivity contribution < 1.29 is 23.4 Å². The Hall–Kier alpha value is -2.68. The second kappa shape index (κ2) is 6.91. The molecule has 3 fully saturated rings. The normalized spacial score (nSPS) is 26.3. The van der Waals surface area contributed by atoms with Crippen LogP contribution in [0.5, 0.6) is 5.75 Å². The van der Waals surface area contributed by atoms with Crippen LogP contribution in [0.3, 0.4) is 0 Å². The molecule has 3 N–H and O–H groups in total. The zero-order valence-corrected chi connectivity index (χ0v) is 17.2. The summed E-state index contributed by atoms with van der Waals surface area (Å²) in [5, 5.41) is 9.30. The Morgan fingerprint density at radius 1 is 1.42 bits per heavy atom. The van der Waals surface area contributed by atoms with Gasteiger partial charge in [-0.3, -0.25) is 4.79 Å².